The molecule has 0 aliphatic heterocycles. The lowest BCUT2D eigenvalue weighted by molar-refractivity contribution is 0.686. The van der Waals surface area contributed by atoms with Crippen LogP contribution in [0.3, 0.4) is 0 Å². The van der Waals surface area contributed by atoms with Crippen LogP contribution < -0.4 is 11.1 Å². The average Bonchev–Trinajstić information content (AvgIpc) is 2.98. The smallest absolute Gasteiger partial charge is 0.138 e. The van der Waals surface area contributed by atoms with Crippen LogP contribution in [0, 0.1) is 6.92 Å². The molecule has 5 heteroatoms. The first-order chi connectivity index (χ1) is 12.3. The molecule has 25 heavy (non-hydrogen) atoms. The Morgan fingerprint density at radius 2 is 2.00 bits per heavy atom. The second kappa shape index (κ2) is 7.10. The molecular formula is C20H24N4S. The normalized spacial score (nSPS) is 13.8. The first-order valence-electron chi connectivity index (χ1n) is 9.08. The molecule has 0 bridgehead atoms. The van der Waals surface area contributed by atoms with Crippen molar-refractivity contribution in [2.75, 3.05) is 18.4 Å². The lowest BCUT2D eigenvalue weighted by Crippen LogP contribution is -2.09. The van der Waals surface area contributed by atoms with Gasteiger partial charge in [-0.1, -0.05) is 18.2 Å². The summed E-state index contributed by atoms with van der Waals surface area (Å²) in [5.74, 6) is 0.926. The fraction of sp³-hybridized carbons (Fsp3) is 0.400. The first kappa shape index (κ1) is 16.5. The molecule has 0 atom stereocenters. The van der Waals surface area contributed by atoms with Crippen molar-refractivity contribution >= 4 is 27.4 Å². The largest absolute Gasteiger partial charge is 0.369 e. The quantitative estimate of drug-likeness (QED) is 0.672. The minimum Gasteiger partial charge on any atom is -0.369 e. The van der Waals surface area contributed by atoms with Gasteiger partial charge >= 0.3 is 0 Å². The van der Waals surface area contributed by atoms with Crippen molar-refractivity contribution < 1.29 is 0 Å². The van der Waals surface area contributed by atoms with E-state index in [2.05, 4.69) is 40.4 Å². The van der Waals surface area contributed by atoms with Gasteiger partial charge in [-0.2, -0.15) is 0 Å². The highest BCUT2D eigenvalue weighted by molar-refractivity contribution is 7.19. The van der Waals surface area contributed by atoms with Crippen LogP contribution in [-0.4, -0.2) is 23.1 Å². The molecule has 0 amide bonds. The van der Waals surface area contributed by atoms with E-state index in [0.29, 0.717) is 6.54 Å². The lowest BCUT2D eigenvalue weighted by atomic mass is 9.89. The molecule has 0 saturated heterocycles. The Morgan fingerprint density at radius 1 is 1.16 bits per heavy atom. The maximum absolute atomic E-state index is 5.62. The topological polar surface area (TPSA) is 63.8 Å². The van der Waals surface area contributed by atoms with E-state index in [4.69, 9.17) is 5.73 Å². The summed E-state index contributed by atoms with van der Waals surface area (Å²) in [4.78, 5) is 11.4. The zero-order valence-corrected chi connectivity index (χ0v) is 15.5. The summed E-state index contributed by atoms with van der Waals surface area (Å²) < 4.78 is 0. The number of hydrogen-bond acceptors (Lipinski definition) is 5. The molecule has 3 aromatic rings. The van der Waals surface area contributed by atoms with Crippen molar-refractivity contribution in [3.63, 3.8) is 0 Å². The third-order valence-corrected chi connectivity index (χ3v) is 5.99. The van der Waals surface area contributed by atoms with Crippen LogP contribution in [0.4, 0.5) is 5.82 Å². The molecule has 3 N–H and O–H groups in total. The molecule has 0 saturated carbocycles. The van der Waals surface area contributed by atoms with E-state index in [1.165, 1.54) is 52.8 Å². The van der Waals surface area contributed by atoms with Crippen LogP contribution in [0.5, 0.6) is 0 Å². The fourth-order valence-corrected chi connectivity index (χ4v) is 4.74. The summed E-state index contributed by atoms with van der Waals surface area (Å²) in [7, 11) is 0. The molecular weight excluding hydrogens is 328 g/mol. The number of nitrogens with two attached hydrogens (primary N) is 1. The highest BCUT2D eigenvalue weighted by Gasteiger charge is 2.18. The maximum Gasteiger partial charge on any atom is 0.138 e. The van der Waals surface area contributed by atoms with Crippen molar-refractivity contribution in [3.05, 3.63) is 40.5 Å². The Hall–Kier alpha value is -1.98. The number of anilines is 1. The molecule has 0 spiro atoms. The third-order valence-electron chi connectivity index (χ3n) is 4.97. The van der Waals surface area contributed by atoms with Gasteiger partial charge in [0, 0.05) is 17.0 Å². The van der Waals surface area contributed by atoms with Gasteiger partial charge in [-0.15, -0.1) is 11.3 Å². The number of thiophene rings is 1. The molecule has 2 heterocycles. The van der Waals surface area contributed by atoms with E-state index in [-0.39, 0.29) is 0 Å². The van der Waals surface area contributed by atoms with E-state index < -0.39 is 0 Å². The zero-order chi connectivity index (χ0) is 17.2. The Kier molecular flexibility index (Phi) is 4.68. The van der Waals surface area contributed by atoms with Crippen LogP contribution in [0.2, 0.25) is 0 Å². The van der Waals surface area contributed by atoms with Crippen molar-refractivity contribution in [2.45, 2.75) is 39.0 Å². The molecule has 1 aromatic carbocycles. The molecule has 130 valence electrons. The molecule has 4 nitrogen and oxygen atoms in total. The SMILES string of the molecule is Cc1sc2ncnc(NCCCN)c2c1-c1ccc2c(c1)CCCC2. The Morgan fingerprint density at radius 3 is 2.84 bits per heavy atom. The van der Waals surface area contributed by atoms with Crippen molar-refractivity contribution in [3.8, 4) is 11.1 Å². The van der Waals surface area contributed by atoms with E-state index in [1.54, 1.807) is 17.7 Å². The summed E-state index contributed by atoms with van der Waals surface area (Å²) in [5, 5.41) is 4.60. The summed E-state index contributed by atoms with van der Waals surface area (Å²) in [5.41, 5.74) is 11.2. The van der Waals surface area contributed by atoms with Gasteiger partial charge in [0.15, 0.2) is 0 Å². The second-order valence-corrected chi connectivity index (χ2v) is 7.90. The summed E-state index contributed by atoms with van der Waals surface area (Å²) in [6.07, 6.45) is 7.61. The molecule has 1 aliphatic rings. The molecule has 1 aliphatic carbocycles. The summed E-state index contributed by atoms with van der Waals surface area (Å²) in [6.45, 7) is 3.70. The number of nitrogens with zero attached hydrogens (tertiary/aromatic N) is 2. The monoisotopic (exact) mass is 352 g/mol. The van der Waals surface area contributed by atoms with Gasteiger partial charge in [0.2, 0.25) is 0 Å². The average molecular weight is 353 g/mol. The van der Waals surface area contributed by atoms with Gasteiger partial charge < -0.3 is 11.1 Å². The molecule has 0 radical (unpaired) electrons. The van der Waals surface area contributed by atoms with Crippen LogP contribution in [0.1, 0.15) is 35.3 Å². The number of hydrogen-bond donors (Lipinski definition) is 2. The van der Waals surface area contributed by atoms with Gasteiger partial charge in [-0.05, 0) is 62.3 Å². The lowest BCUT2D eigenvalue weighted by Gasteiger charge is -2.17. The number of nitrogens with one attached hydrogen (secondary N) is 1. The van der Waals surface area contributed by atoms with Crippen LogP contribution in [0.15, 0.2) is 24.5 Å². The van der Waals surface area contributed by atoms with Gasteiger partial charge in [0.25, 0.3) is 0 Å². The van der Waals surface area contributed by atoms with Crippen LogP contribution in [-0.2, 0) is 12.8 Å². The summed E-state index contributed by atoms with van der Waals surface area (Å²) >= 11 is 1.75. The van der Waals surface area contributed by atoms with Crippen molar-refractivity contribution in [2.24, 2.45) is 5.73 Å². The minimum absolute atomic E-state index is 0.682. The van der Waals surface area contributed by atoms with E-state index in [9.17, 15) is 0 Å². The second-order valence-electron chi connectivity index (χ2n) is 6.70. The van der Waals surface area contributed by atoms with Crippen molar-refractivity contribution in [1.82, 2.24) is 9.97 Å². The maximum atomic E-state index is 5.62. The molecule has 2 aromatic heterocycles. The predicted octanol–water partition coefficient (Wildman–Crippen LogP) is 4.31. The van der Waals surface area contributed by atoms with Gasteiger partial charge in [0.1, 0.15) is 17.0 Å². The highest BCUT2D eigenvalue weighted by Crippen LogP contribution is 2.41. The number of aromatic nitrogens is 2. The van der Waals surface area contributed by atoms with E-state index >= 15 is 0 Å². The van der Waals surface area contributed by atoms with Gasteiger partial charge in [0.05, 0.1) is 5.39 Å². The van der Waals surface area contributed by atoms with E-state index in [1.807, 2.05) is 0 Å². The number of benzene rings is 1. The molecule has 4 rings (SSSR count). The first-order valence-corrected chi connectivity index (χ1v) is 9.90. The Bertz CT molecular complexity index is 900. The number of aryl methyl sites for hydroxylation is 3. The standard InChI is InChI=1S/C20H24N4S/c1-13-17(16-8-7-14-5-2-3-6-15(14)11-16)18-19(22-10-4-9-21)23-12-24-20(18)25-13/h7-8,11-12H,2-6,9-10,21H2,1H3,(H,22,23,24). The van der Waals surface area contributed by atoms with Crippen molar-refractivity contribution in [1.29, 1.82) is 0 Å². The fourth-order valence-electron chi connectivity index (χ4n) is 3.72. The molecule has 0 unspecified atom stereocenters. The Balaban J connectivity index is 1.82. The zero-order valence-electron chi connectivity index (χ0n) is 14.6. The predicted molar refractivity (Wildman–Crippen MR) is 106 cm³/mol. The summed E-state index contributed by atoms with van der Waals surface area (Å²) in [6, 6.07) is 6.98. The van der Waals surface area contributed by atoms with E-state index in [0.717, 1.165) is 29.0 Å². The third kappa shape index (κ3) is 3.14. The minimum atomic E-state index is 0.682. The molecule has 0 fully saturated rings. The highest BCUT2D eigenvalue weighted by atomic mass is 32.1. The number of rotatable bonds is 5. The van der Waals surface area contributed by atoms with Crippen LogP contribution in [0.25, 0.3) is 21.3 Å². The van der Waals surface area contributed by atoms with Gasteiger partial charge in [-0.3, -0.25) is 0 Å². The van der Waals surface area contributed by atoms with Crippen LogP contribution >= 0.6 is 11.3 Å². The number of fused-ring (bicyclic) bond motifs is 2. The Labute approximate surface area is 152 Å². The van der Waals surface area contributed by atoms with Gasteiger partial charge in [-0.25, -0.2) is 9.97 Å².